The SMILES string of the molecule is CNCCCc1nnc(-c2ccncc2Cl)s1. The van der Waals surface area contributed by atoms with Gasteiger partial charge in [-0.05, 0) is 26.1 Å². The van der Waals surface area contributed by atoms with Gasteiger partial charge in [-0.3, -0.25) is 4.98 Å². The normalized spacial score (nSPS) is 10.7. The first-order chi connectivity index (χ1) is 8.31. The molecule has 6 heteroatoms. The molecule has 17 heavy (non-hydrogen) atoms. The van der Waals surface area contributed by atoms with Gasteiger partial charge in [0.05, 0.1) is 5.02 Å². The molecule has 1 N–H and O–H groups in total. The molecule has 0 amide bonds. The first-order valence-corrected chi connectivity index (χ1v) is 6.57. The minimum absolute atomic E-state index is 0.616. The van der Waals surface area contributed by atoms with E-state index in [9.17, 15) is 0 Å². The third-order valence-corrected chi connectivity index (χ3v) is 3.60. The van der Waals surface area contributed by atoms with Crippen molar-refractivity contribution in [3.63, 3.8) is 0 Å². The Kier molecular flexibility index (Phi) is 4.42. The molecule has 0 unspecified atom stereocenters. The Labute approximate surface area is 109 Å². The number of halogens is 1. The number of pyridine rings is 1. The van der Waals surface area contributed by atoms with Gasteiger partial charge in [0.25, 0.3) is 0 Å². The van der Waals surface area contributed by atoms with Crippen molar-refractivity contribution in [3.05, 3.63) is 28.5 Å². The molecular weight excluding hydrogens is 256 g/mol. The van der Waals surface area contributed by atoms with Crippen LogP contribution >= 0.6 is 22.9 Å². The molecule has 0 bridgehead atoms. The Balaban J connectivity index is 2.10. The minimum atomic E-state index is 0.616. The van der Waals surface area contributed by atoms with Crippen LogP contribution in [0.1, 0.15) is 11.4 Å². The average Bonchev–Trinajstić information content (AvgIpc) is 2.79. The van der Waals surface area contributed by atoms with E-state index in [0.29, 0.717) is 5.02 Å². The lowest BCUT2D eigenvalue weighted by Crippen LogP contribution is -2.08. The van der Waals surface area contributed by atoms with Crippen molar-refractivity contribution < 1.29 is 0 Å². The number of hydrogen-bond acceptors (Lipinski definition) is 5. The van der Waals surface area contributed by atoms with Gasteiger partial charge < -0.3 is 5.32 Å². The van der Waals surface area contributed by atoms with E-state index in [0.717, 1.165) is 35.0 Å². The van der Waals surface area contributed by atoms with Gasteiger partial charge in [-0.1, -0.05) is 22.9 Å². The van der Waals surface area contributed by atoms with Crippen molar-refractivity contribution in [2.75, 3.05) is 13.6 Å². The van der Waals surface area contributed by atoms with Crippen molar-refractivity contribution in [2.45, 2.75) is 12.8 Å². The second-order valence-corrected chi connectivity index (χ2v) is 5.03. The van der Waals surface area contributed by atoms with Crippen LogP contribution in [0.25, 0.3) is 10.6 Å². The summed E-state index contributed by atoms with van der Waals surface area (Å²) in [6, 6.07) is 1.86. The van der Waals surface area contributed by atoms with E-state index in [-0.39, 0.29) is 0 Å². The molecule has 0 aromatic carbocycles. The molecular formula is C11H13ClN4S. The molecule has 0 aliphatic carbocycles. The summed E-state index contributed by atoms with van der Waals surface area (Å²) in [4.78, 5) is 3.95. The second-order valence-electron chi connectivity index (χ2n) is 3.56. The predicted molar refractivity (Wildman–Crippen MR) is 70.4 cm³/mol. The van der Waals surface area contributed by atoms with Gasteiger partial charge in [-0.15, -0.1) is 10.2 Å². The second kappa shape index (κ2) is 6.05. The van der Waals surface area contributed by atoms with Gasteiger partial charge in [0.15, 0.2) is 0 Å². The zero-order chi connectivity index (χ0) is 12.1. The molecule has 90 valence electrons. The number of rotatable bonds is 5. The third kappa shape index (κ3) is 3.21. The number of hydrogen-bond donors (Lipinski definition) is 1. The van der Waals surface area contributed by atoms with Crippen LogP contribution in [0.4, 0.5) is 0 Å². The van der Waals surface area contributed by atoms with E-state index >= 15 is 0 Å². The highest BCUT2D eigenvalue weighted by atomic mass is 35.5. The molecule has 2 aromatic heterocycles. The van der Waals surface area contributed by atoms with Gasteiger partial charge in [-0.25, -0.2) is 0 Å². The maximum Gasteiger partial charge on any atom is 0.149 e. The Morgan fingerprint density at radius 3 is 3.06 bits per heavy atom. The van der Waals surface area contributed by atoms with Crippen molar-refractivity contribution in [2.24, 2.45) is 0 Å². The molecule has 0 fully saturated rings. The van der Waals surface area contributed by atoms with E-state index < -0.39 is 0 Å². The zero-order valence-corrected chi connectivity index (χ0v) is 11.1. The first kappa shape index (κ1) is 12.4. The van der Waals surface area contributed by atoms with Crippen LogP contribution in [0.3, 0.4) is 0 Å². The molecule has 2 rings (SSSR count). The first-order valence-electron chi connectivity index (χ1n) is 5.38. The lowest BCUT2D eigenvalue weighted by molar-refractivity contribution is 0.718. The van der Waals surface area contributed by atoms with Gasteiger partial charge in [0.1, 0.15) is 10.0 Å². The number of nitrogens with zero attached hydrogens (tertiary/aromatic N) is 3. The molecule has 0 aliphatic heterocycles. The predicted octanol–water partition coefficient (Wildman–Crippen LogP) is 2.41. The van der Waals surface area contributed by atoms with Crippen LogP contribution in [-0.4, -0.2) is 28.8 Å². The van der Waals surface area contributed by atoms with Crippen molar-refractivity contribution in [3.8, 4) is 10.6 Å². The smallest absolute Gasteiger partial charge is 0.149 e. The molecule has 2 heterocycles. The number of aromatic nitrogens is 3. The summed E-state index contributed by atoms with van der Waals surface area (Å²) in [7, 11) is 1.95. The van der Waals surface area contributed by atoms with Crippen LogP contribution in [0.2, 0.25) is 5.02 Å². The summed E-state index contributed by atoms with van der Waals surface area (Å²) in [5, 5.41) is 14.0. The fourth-order valence-corrected chi connectivity index (χ4v) is 2.61. The van der Waals surface area contributed by atoms with Crippen LogP contribution in [0, 0.1) is 0 Å². The summed E-state index contributed by atoms with van der Waals surface area (Å²) in [5.74, 6) is 0. The monoisotopic (exact) mass is 268 g/mol. The molecule has 0 spiro atoms. The fraction of sp³-hybridized carbons (Fsp3) is 0.364. The Morgan fingerprint density at radius 2 is 2.29 bits per heavy atom. The molecule has 4 nitrogen and oxygen atoms in total. The quantitative estimate of drug-likeness (QED) is 0.846. The van der Waals surface area contributed by atoms with Gasteiger partial charge in [0, 0.05) is 24.4 Å². The van der Waals surface area contributed by atoms with Crippen LogP contribution in [-0.2, 0) is 6.42 Å². The number of aryl methyl sites for hydroxylation is 1. The topological polar surface area (TPSA) is 50.7 Å². The lowest BCUT2D eigenvalue weighted by Gasteiger charge is -1.96. The summed E-state index contributed by atoms with van der Waals surface area (Å²) in [6.45, 7) is 0.991. The molecule has 0 aliphatic rings. The maximum atomic E-state index is 6.06. The molecule has 0 saturated heterocycles. The molecule has 2 aromatic rings. The minimum Gasteiger partial charge on any atom is -0.320 e. The van der Waals surface area contributed by atoms with E-state index in [2.05, 4.69) is 20.5 Å². The standard InChI is InChI=1S/C11H13ClN4S/c1-13-5-2-3-10-15-16-11(17-10)8-4-6-14-7-9(8)12/h4,6-7,13H,2-3,5H2,1H3. The maximum absolute atomic E-state index is 6.06. The highest BCUT2D eigenvalue weighted by Gasteiger charge is 2.09. The van der Waals surface area contributed by atoms with E-state index in [1.165, 1.54) is 0 Å². The summed E-state index contributed by atoms with van der Waals surface area (Å²) in [6.07, 6.45) is 5.35. The van der Waals surface area contributed by atoms with Gasteiger partial charge >= 0.3 is 0 Å². The zero-order valence-electron chi connectivity index (χ0n) is 9.48. The van der Waals surface area contributed by atoms with Crippen LogP contribution < -0.4 is 5.32 Å². The third-order valence-electron chi connectivity index (χ3n) is 2.29. The Bertz CT molecular complexity index is 486. The average molecular weight is 269 g/mol. The van der Waals surface area contributed by atoms with Crippen LogP contribution in [0.5, 0.6) is 0 Å². The molecule has 0 radical (unpaired) electrons. The number of nitrogens with one attached hydrogen (secondary N) is 1. The van der Waals surface area contributed by atoms with Crippen LogP contribution in [0.15, 0.2) is 18.5 Å². The van der Waals surface area contributed by atoms with E-state index in [4.69, 9.17) is 11.6 Å². The highest BCUT2D eigenvalue weighted by Crippen LogP contribution is 2.29. The van der Waals surface area contributed by atoms with Gasteiger partial charge in [0.2, 0.25) is 0 Å². The van der Waals surface area contributed by atoms with Crippen molar-refractivity contribution in [1.82, 2.24) is 20.5 Å². The Morgan fingerprint density at radius 1 is 1.41 bits per heavy atom. The molecule has 0 saturated carbocycles. The Hall–Kier alpha value is -1.04. The summed E-state index contributed by atoms with van der Waals surface area (Å²) < 4.78 is 0. The summed E-state index contributed by atoms with van der Waals surface area (Å²) >= 11 is 7.65. The van der Waals surface area contributed by atoms with Crippen molar-refractivity contribution in [1.29, 1.82) is 0 Å². The largest absolute Gasteiger partial charge is 0.320 e. The fourth-order valence-electron chi connectivity index (χ4n) is 1.43. The van der Waals surface area contributed by atoms with E-state index in [1.54, 1.807) is 23.7 Å². The summed E-state index contributed by atoms with van der Waals surface area (Å²) in [5.41, 5.74) is 0.902. The molecule has 0 atom stereocenters. The van der Waals surface area contributed by atoms with E-state index in [1.807, 2.05) is 13.1 Å². The van der Waals surface area contributed by atoms with Gasteiger partial charge in [-0.2, -0.15) is 0 Å². The highest BCUT2D eigenvalue weighted by molar-refractivity contribution is 7.14. The van der Waals surface area contributed by atoms with Crippen molar-refractivity contribution >= 4 is 22.9 Å². The lowest BCUT2D eigenvalue weighted by atomic mass is 10.3.